The third kappa shape index (κ3) is 3.71. The van der Waals surface area contributed by atoms with Crippen LogP contribution >= 0.6 is 0 Å². The summed E-state index contributed by atoms with van der Waals surface area (Å²) in [7, 11) is 1.68. The maximum atomic E-state index is 12.6. The number of furan rings is 1. The van der Waals surface area contributed by atoms with Crippen LogP contribution in [0.15, 0.2) is 34.9 Å². The molecule has 0 amide bonds. The Kier molecular flexibility index (Phi) is 5.53. The van der Waals surface area contributed by atoms with Crippen LogP contribution in [0.3, 0.4) is 0 Å². The first-order valence-electron chi connectivity index (χ1n) is 7.39. The largest absolute Gasteiger partial charge is 0.464 e. The van der Waals surface area contributed by atoms with Gasteiger partial charge in [0, 0.05) is 25.1 Å². The molecule has 0 N–H and O–H groups in total. The van der Waals surface area contributed by atoms with E-state index in [1.54, 1.807) is 13.4 Å². The van der Waals surface area contributed by atoms with Gasteiger partial charge in [-0.15, -0.1) is 0 Å². The Morgan fingerprint density at radius 1 is 1.38 bits per heavy atom. The lowest BCUT2D eigenvalue weighted by Gasteiger charge is -2.27. The number of hydrogen-bond acceptors (Lipinski definition) is 4. The molecule has 0 fully saturated rings. The molecule has 0 saturated heterocycles. The van der Waals surface area contributed by atoms with Crippen LogP contribution in [0.25, 0.3) is 11.0 Å². The Hall–Kier alpha value is -1.65. The van der Waals surface area contributed by atoms with Crippen LogP contribution in [0.4, 0.5) is 0 Å². The summed E-state index contributed by atoms with van der Waals surface area (Å²) in [5.41, 5.74) is 1.42. The number of carbonyl (C=O) groups is 1. The predicted octanol–water partition coefficient (Wildman–Crippen LogP) is 3.36. The number of hydrogen-bond donors (Lipinski definition) is 0. The average molecular weight is 289 g/mol. The average Bonchev–Trinajstić information content (AvgIpc) is 2.94. The second-order valence-corrected chi connectivity index (χ2v) is 5.29. The van der Waals surface area contributed by atoms with Gasteiger partial charge in [0.25, 0.3) is 0 Å². The van der Waals surface area contributed by atoms with E-state index >= 15 is 0 Å². The van der Waals surface area contributed by atoms with Crippen molar-refractivity contribution in [3.63, 3.8) is 0 Å². The monoisotopic (exact) mass is 289 g/mol. The van der Waals surface area contributed by atoms with Crippen molar-refractivity contribution in [2.24, 2.45) is 0 Å². The molecule has 1 atom stereocenters. The fourth-order valence-electron chi connectivity index (χ4n) is 2.39. The summed E-state index contributed by atoms with van der Waals surface area (Å²) < 4.78 is 10.6. The van der Waals surface area contributed by atoms with Crippen molar-refractivity contribution in [1.82, 2.24) is 4.90 Å². The van der Waals surface area contributed by atoms with Crippen molar-refractivity contribution in [3.8, 4) is 0 Å². The lowest BCUT2D eigenvalue weighted by Crippen LogP contribution is -2.39. The highest BCUT2D eigenvalue weighted by atomic mass is 16.5. The molecule has 1 unspecified atom stereocenters. The molecule has 0 aliphatic carbocycles. The SMILES string of the molecule is CCC(C)N(CCOC)CC(=O)c1coc2ccccc12. The van der Waals surface area contributed by atoms with Crippen molar-refractivity contribution < 1.29 is 13.9 Å². The molecule has 0 spiro atoms. The summed E-state index contributed by atoms with van der Waals surface area (Å²) in [5.74, 6) is 0.0938. The van der Waals surface area contributed by atoms with Gasteiger partial charge in [0.2, 0.25) is 0 Å². The molecule has 1 heterocycles. The van der Waals surface area contributed by atoms with Crippen LogP contribution in [0.1, 0.15) is 30.6 Å². The number of rotatable bonds is 8. The minimum atomic E-state index is 0.0938. The molecule has 2 aromatic rings. The number of methoxy groups -OCH3 is 1. The van der Waals surface area contributed by atoms with E-state index < -0.39 is 0 Å². The van der Waals surface area contributed by atoms with E-state index in [0.29, 0.717) is 24.8 Å². The summed E-state index contributed by atoms with van der Waals surface area (Å²) in [5, 5.41) is 0.887. The Bertz CT molecular complexity index is 590. The Morgan fingerprint density at radius 3 is 2.86 bits per heavy atom. The molecular formula is C17H23NO3. The number of Topliss-reactive ketones (excluding diaryl/α,β-unsaturated/α-hetero) is 1. The van der Waals surface area contributed by atoms with E-state index in [1.807, 2.05) is 24.3 Å². The highest BCUT2D eigenvalue weighted by molar-refractivity contribution is 6.08. The molecule has 1 aromatic carbocycles. The summed E-state index contributed by atoms with van der Waals surface area (Å²) in [4.78, 5) is 14.7. The zero-order chi connectivity index (χ0) is 15.2. The van der Waals surface area contributed by atoms with Gasteiger partial charge in [-0.2, -0.15) is 0 Å². The number of fused-ring (bicyclic) bond motifs is 1. The van der Waals surface area contributed by atoms with Crippen molar-refractivity contribution in [2.75, 3.05) is 26.8 Å². The van der Waals surface area contributed by atoms with E-state index in [-0.39, 0.29) is 5.78 Å². The number of ether oxygens (including phenoxy) is 1. The van der Waals surface area contributed by atoms with E-state index in [9.17, 15) is 4.79 Å². The molecule has 0 radical (unpaired) electrons. The second kappa shape index (κ2) is 7.38. The highest BCUT2D eigenvalue weighted by Gasteiger charge is 2.19. The number of ketones is 1. The molecule has 0 saturated carbocycles. The third-order valence-corrected chi connectivity index (χ3v) is 3.92. The summed E-state index contributed by atoms with van der Waals surface area (Å²) in [6.45, 7) is 6.04. The van der Waals surface area contributed by atoms with Gasteiger partial charge in [0.1, 0.15) is 11.8 Å². The minimum absolute atomic E-state index is 0.0938. The lowest BCUT2D eigenvalue weighted by molar-refractivity contribution is 0.0835. The summed E-state index contributed by atoms with van der Waals surface area (Å²) in [6.07, 6.45) is 2.57. The summed E-state index contributed by atoms with van der Waals surface area (Å²) >= 11 is 0. The summed E-state index contributed by atoms with van der Waals surface area (Å²) in [6, 6.07) is 7.98. The normalized spacial score (nSPS) is 13.0. The van der Waals surface area contributed by atoms with Crippen LogP contribution in [-0.4, -0.2) is 43.5 Å². The molecule has 2 rings (SSSR count). The van der Waals surface area contributed by atoms with Crippen LogP contribution in [0.2, 0.25) is 0 Å². The first-order chi connectivity index (χ1) is 10.2. The second-order valence-electron chi connectivity index (χ2n) is 5.29. The van der Waals surface area contributed by atoms with Crippen molar-refractivity contribution >= 4 is 16.8 Å². The molecule has 1 aromatic heterocycles. The topological polar surface area (TPSA) is 42.7 Å². The first kappa shape index (κ1) is 15.7. The van der Waals surface area contributed by atoms with Crippen LogP contribution in [-0.2, 0) is 4.74 Å². The molecule has 4 nitrogen and oxygen atoms in total. The first-order valence-corrected chi connectivity index (χ1v) is 7.39. The van der Waals surface area contributed by atoms with Gasteiger partial charge < -0.3 is 9.15 Å². The van der Waals surface area contributed by atoms with Crippen molar-refractivity contribution in [3.05, 3.63) is 36.1 Å². The van der Waals surface area contributed by atoms with Crippen molar-refractivity contribution in [2.45, 2.75) is 26.3 Å². The Labute approximate surface area is 125 Å². The van der Waals surface area contributed by atoms with Crippen molar-refractivity contribution in [1.29, 1.82) is 0 Å². The number of nitrogens with zero attached hydrogens (tertiary/aromatic N) is 1. The van der Waals surface area contributed by atoms with E-state index in [4.69, 9.17) is 9.15 Å². The Balaban J connectivity index is 2.14. The fraction of sp³-hybridized carbons (Fsp3) is 0.471. The van der Waals surface area contributed by atoms with Crippen LogP contribution in [0, 0.1) is 0 Å². The van der Waals surface area contributed by atoms with Gasteiger partial charge in [-0.25, -0.2) is 0 Å². The van der Waals surface area contributed by atoms with Gasteiger partial charge in [-0.3, -0.25) is 9.69 Å². The minimum Gasteiger partial charge on any atom is -0.464 e. The van der Waals surface area contributed by atoms with Gasteiger partial charge in [-0.1, -0.05) is 25.1 Å². The molecule has 0 aliphatic heterocycles. The quantitative estimate of drug-likeness (QED) is 0.699. The molecule has 114 valence electrons. The van der Waals surface area contributed by atoms with Gasteiger partial charge in [-0.05, 0) is 19.4 Å². The van der Waals surface area contributed by atoms with Gasteiger partial charge >= 0.3 is 0 Å². The van der Waals surface area contributed by atoms with Crippen LogP contribution in [0.5, 0.6) is 0 Å². The standard InChI is InChI=1S/C17H23NO3/c1-4-13(2)18(9-10-20-3)11-16(19)15-12-21-17-8-6-5-7-14(15)17/h5-8,12-13H,4,9-11H2,1-3H3. The van der Waals surface area contributed by atoms with E-state index in [2.05, 4.69) is 18.7 Å². The lowest BCUT2D eigenvalue weighted by atomic mass is 10.1. The molecule has 0 bridgehead atoms. The van der Waals surface area contributed by atoms with Gasteiger partial charge in [0.15, 0.2) is 5.78 Å². The third-order valence-electron chi connectivity index (χ3n) is 3.92. The number of benzene rings is 1. The molecule has 0 aliphatic rings. The van der Waals surface area contributed by atoms with Gasteiger partial charge in [0.05, 0.1) is 18.7 Å². The zero-order valence-corrected chi connectivity index (χ0v) is 13.0. The maximum absolute atomic E-state index is 12.6. The van der Waals surface area contributed by atoms with E-state index in [1.165, 1.54) is 0 Å². The molecule has 21 heavy (non-hydrogen) atoms. The maximum Gasteiger partial charge on any atom is 0.180 e. The molecule has 4 heteroatoms. The predicted molar refractivity (Wildman–Crippen MR) is 83.7 cm³/mol. The zero-order valence-electron chi connectivity index (χ0n) is 13.0. The fourth-order valence-corrected chi connectivity index (χ4v) is 2.39. The smallest absolute Gasteiger partial charge is 0.180 e. The Morgan fingerprint density at radius 2 is 2.14 bits per heavy atom. The highest BCUT2D eigenvalue weighted by Crippen LogP contribution is 2.21. The number of carbonyl (C=O) groups excluding carboxylic acids is 1. The van der Waals surface area contributed by atoms with Crippen LogP contribution < -0.4 is 0 Å². The number of para-hydroxylation sites is 1. The molecular weight excluding hydrogens is 266 g/mol. The van der Waals surface area contributed by atoms with E-state index in [0.717, 1.165) is 23.9 Å².